The molecule has 0 aliphatic heterocycles. The van der Waals surface area contributed by atoms with Crippen molar-refractivity contribution < 1.29 is 0 Å². The molecule has 122 valence electrons. The lowest BCUT2D eigenvalue weighted by atomic mass is 10.0. The van der Waals surface area contributed by atoms with E-state index in [4.69, 9.17) is 4.99 Å². The van der Waals surface area contributed by atoms with Gasteiger partial charge >= 0.3 is 0 Å². The summed E-state index contributed by atoms with van der Waals surface area (Å²) in [5.41, 5.74) is 3.18. The van der Waals surface area contributed by atoms with Gasteiger partial charge in [-0.05, 0) is 56.4 Å². The molecule has 4 heteroatoms. The Labute approximate surface area is 151 Å². The molecule has 2 fully saturated rings. The number of hydrogen-bond donors (Lipinski definition) is 2. The van der Waals surface area contributed by atoms with E-state index < -0.39 is 0 Å². The monoisotopic (exact) mass is 413 g/mol. The second-order valence-electron chi connectivity index (χ2n) is 6.67. The average molecular weight is 413 g/mol. The van der Waals surface area contributed by atoms with Crippen LogP contribution in [-0.4, -0.2) is 19.0 Å². The van der Waals surface area contributed by atoms with Gasteiger partial charge in [0.15, 0.2) is 5.96 Å². The van der Waals surface area contributed by atoms with E-state index in [2.05, 4.69) is 48.7 Å². The summed E-state index contributed by atoms with van der Waals surface area (Å²) in [5, 5.41) is 6.93. The number of nitrogens with one attached hydrogen (secondary N) is 2. The SMILES string of the molecule is CCNC(=NCc1ccc(C)cc1)NCC1(C2CC2)CC1.I. The van der Waals surface area contributed by atoms with Crippen LogP contribution in [0.25, 0.3) is 0 Å². The standard InChI is InChI=1S/C18H27N3.HI/c1-3-19-17(20-12-15-6-4-14(2)5-7-15)21-13-18(10-11-18)16-8-9-16;/h4-7,16H,3,8-13H2,1-2H3,(H2,19,20,21);1H. The summed E-state index contributed by atoms with van der Waals surface area (Å²) in [6.45, 7) is 6.99. The molecule has 0 amide bonds. The summed E-state index contributed by atoms with van der Waals surface area (Å²) in [5.74, 6) is 1.95. The Kier molecular flexibility index (Phi) is 6.12. The van der Waals surface area contributed by atoms with Gasteiger partial charge in [0.1, 0.15) is 0 Å². The third-order valence-electron chi connectivity index (χ3n) is 4.83. The number of aliphatic imine (C=N–C) groups is 1. The van der Waals surface area contributed by atoms with Crippen LogP contribution in [0.5, 0.6) is 0 Å². The molecule has 2 aliphatic carbocycles. The quantitative estimate of drug-likeness (QED) is 0.422. The smallest absolute Gasteiger partial charge is 0.191 e. The molecule has 1 aromatic carbocycles. The van der Waals surface area contributed by atoms with Crippen LogP contribution in [0, 0.1) is 18.3 Å². The number of rotatable bonds is 6. The first-order chi connectivity index (χ1) is 10.2. The van der Waals surface area contributed by atoms with Gasteiger partial charge in [0, 0.05) is 13.1 Å². The third kappa shape index (κ3) is 4.61. The Morgan fingerprint density at radius 3 is 2.41 bits per heavy atom. The molecule has 0 atom stereocenters. The highest BCUT2D eigenvalue weighted by molar-refractivity contribution is 14.0. The number of hydrogen-bond acceptors (Lipinski definition) is 1. The molecular formula is C18H28IN3. The van der Waals surface area contributed by atoms with Crippen LogP contribution >= 0.6 is 24.0 Å². The highest BCUT2D eigenvalue weighted by atomic mass is 127. The number of benzene rings is 1. The maximum atomic E-state index is 4.72. The Morgan fingerprint density at radius 1 is 1.18 bits per heavy atom. The van der Waals surface area contributed by atoms with Crippen molar-refractivity contribution in [1.82, 2.24) is 10.6 Å². The number of halogens is 1. The zero-order valence-electron chi connectivity index (χ0n) is 13.7. The summed E-state index contributed by atoms with van der Waals surface area (Å²) in [7, 11) is 0. The van der Waals surface area contributed by atoms with Crippen molar-refractivity contribution in [2.24, 2.45) is 16.3 Å². The molecule has 22 heavy (non-hydrogen) atoms. The van der Waals surface area contributed by atoms with Crippen molar-refractivity contribution in [3.8, 4) is 0 Å². The minimum atomic E-state index is 0. The molecule has 0 heterocycles. The predicted octanol–water partition coefficient (Wildman–Crippen LogP) is 3.86. The summed E-state index contributed by atoms with van der Waals surface area (Å²) >= 11 is 0. The molecule has 0 unspecified atom stereocenters. The molecule has 0 spiro atoms. The maximum absolute atomic E-state index is 4.72. The third-order valence-corrected chi connectivity index (χ3v) is 4.83. The van der Waals surface area contributed by atoms with Crippen molar-refractivity contribution >= 4 is 29.9 Å². The number of guanidine groups is 1. The summed E-state index contributed by atoms with van der Waals surface area (Å²) in [6.07, 6.45) is 5.70. The Bertz CT molecular complexity index is 502. The van der Waals surface area contributed by atoms with E-state index in [1.165, 1.54) is 36.8 Å². The van der Waals surface area contributed by atoms with Gasteiger partial charge in [0.05, 0.1) is 6.54 Å². The van der Waals surface area contributed by atoms with Crippen LogP contribution < -0.4 is 10.6 Å². The fraction of sp³-hybridized carbons (Fsp3) is 0.611. The first kappa shape index (κ1) is 17.6. The maximum Gasteiger partial charge on any atom is 0.191 e. The van der Waals surface area contributed by atoms with E-state index in [0.29, 0.717) is 5.41 Å². The molecule has 0 bridgehead atoms. The van der Waals surface area contributed by atoms with E-state index in [0.717, 1.165) is 31.5 Å². The van der Waals surface area contributed by atoms with Crippen LogP contribution in [0.3, 0.4) is 0 Å². The normalized spacial score (nSPS) is 19.3. The zero-order valence-corrected chi connectivity index (χ0v) is 16.0. The molecule has 2 saturated carbocycles. The van der Waals surface area contributed by atoms with Crippen molar-refractivity contribution in [2.75, 3.05) is 13.1 Å². The fourth-order valence-corrected chi connectivity index (χ4v) is 3.05. The van der Waals surface area contributed by atoms with Crippen LogP contribution in [-0.2, 0) is 6.54 Å². The minimum absolute atomic E-state index is 0. The van der Waals surface area contributed by atoms with E-state index in [-0.39, 0.29) is 24.0 Å². The molecular weight excluding hydrogens is 385 g/mol. The van der Waals surface area contributed by atoms with E-state index in [1.807, 2.05) is 0 Å². The summed E-state index contributed by atoms with van der Waals surface area (Å²) < 4.78 is 0. The van der Waals surface area contributed by atoms with Gasteiger partial charge in [-0.15, -0.1) is 24.0 Å². The van der Waals surface area contributed by atoms with Gasteiger partial charge in [-0.3, -0.25) is 0 Å². The Hall–Kier alpha value is -0.780. The summed E-state index contributed by atoms with van der Waals surface area (Å²) in [4.78, 5) is 4.72. The van der Waals surface area contributed by atoms with Gasteiger partial charge in [0.2, 0.25) is 0 Å². The van der Waals surface area contributed by atoms with Crippen molar-refractivity contribution in [3.05, 3.63) is 35.4 Å². The van der Waals surface area contributed by atoms with Crippen molar-refractivity contribution in [3.63, 3.8) is 0 Å². The van der Waals surface area contributed by atoms with Gasteiger partial charge in [-0.25, -0.2) is 4.99 Å². The lowest BCUT2D eigenvalue weighted by Crippen LogP contribution is -2.40. The molecule has 0 aromatic heterocycles. The van der Waals surface area contributed by atoms with E-state index in [1.54, 1.807) is 0 Å². The second kappa shape index (κ2) is 7.66. The average Bonchev–Trinajstić information content (AvgIpc) is 3.37. The lowest BCUT2D eigenvalue weighted by molar-refractivity contribution is 0.431. The second-order valence-corrected chi connectivity index (χ2v) is 6.67. The molecule has 2 aliphatic rings. The van der Waals surface area contributed by atoms with Gasteiger partial charge < -0.3 is 10.6 Å². The van der Waals surface area contributed by atoms with E-state index in [9.17, 15) is 0 Å². The minimum Gasteiger partial charge on any atom is -0.357 e. The Balaban J connectivity index is 0.00000176. The molecule has 3 nitrogen and oxygen atoms in total. The van der Waals surface area contributed by atoms with Crippen molar-refractivity contribution in [2.45, 2.75) is 46.1 Å². The van der Waals surface area contributed by atoms with Crippen LogP contribution in [0.1, 0.15) is 43.7 Å². The zero-order chi connectivity index (χ0) is 14.7. The van der Waals surface area contributed by atoms with E-state index >= 15 is 0 Å². The lowest BCUT2D eigenvalue weighted by Gasteiger charge is -2.18. The molecule has 3 rings (SSSR count). The fourth-order valence-electron chi connectivity index (χ4n) is 3.05. The topological polar surface area (TPSA) is 36.4 Å². The van der Waals surface area contributed by atoms with Gasteiger partial charge in [-0.2, -0.15) is 0 Å². The van der Waals surface area contributed by atoms with Crippen LogP contribution in [0.4, 0.5) is 0 Å². The molecule has 2 N–H and O–H groups in total. The highest BCUT2D eigenvalue weighted by Crippen LogP contribution is 2.60. The molecule has 0 radical (unpaired) electrons. The van der Waals surface area contributed by atoms with Crippen molar-refractivity contribution in [1.29, 1.82) is 0 Å². The first-order valence-electron chi connectivity index (χ1n) is 8.29. The molecule has 1 aromatic rings. The number of nitrogens with zero attached hydrogens (tertiary/aromatic N) is 1. The van der Waals surface area contributed by atoms with Crippen LogP contribution in [0.2, 0.25) is 0 Å². The van der Waals surface area contributed by atoms with Gasteiger partial charge in [-0.1, -0.05) is 29.8 Å². The summed E-state index contributed by atoms with van der Waals surface area (Å²) in [6, 6.07) is 8.62. The van der Waals surface area contributed by atoms with Crippen LogP contribution in [0.15, 0.2) is 29.3 Å². The predicted molar refractivity (Wildman–Crippen MR) is 104 cm³/mol. The highest BCUT2D eigenvalue weighted by Gasteiger charge is 2.53. The Morgan fingerprint density at radius 2 is 1.86 bits per heavy atom. The van der Waals surface area contributed by atoms with Gasteiger partial charge in [0.25, 0.3) is 0 Å². The first-order valence-corrected chi connectivity index (χ1v) is 8.29. The number of aryl methyl sites for hydroxylation is 1. The largest absolute Gasteiger partial charge is 0.357 e. The molecule has 0 saturated heterocycles.